The summed E-state index contributed by atoms with van der Waals surface area (Å²) in [5.41, 5.74) is 3.36. The van der Waals surface area contributed by atoms with E-state index in [1.54, 1.807) is 0 Å². The van der Waals surface area contributed by atoms with Gasteiger partial charge in [0.2, 0.25) is 0 Å². The topological polar surface area (TPSA) is 52.4 Å². The highest BCUT2D eigenvalue weighted by molar-refractivity contribution is 5.19. The number of aromatic nitrogens is 3. The van der Waals surface area contributed by atoms with Crippen LogP contribution in [0.15, 0.2) is 24.3 Å². The molecule has 5 rings (SSSR count). The largest absolute Gasteiger partial charge is 0.381 e. The van der Waals surface area contributed by atoms with Crippen LogP contribution in [0, 0.1) is 5.82 Å². The molecule has 1 aromatic carbocycles. The summed E-state index contributed by atoms with van der Waals surface area (Å²) >= 11 is 0. The van der Waals surface area contributed by atoms with Crippen molar-refractivity contribution < 1.29 is 13.9 Å². The van der Waals surface area contributed by atoms with Gasteiger partial charge in [-0.2, -0.15) is 0 Å². The Morgan fingerprint density at radius 1 is 1.12 bits per heavy atom. The summed E-state index contributed by atoms with van der Waals surface area (Å²) < 4.78 is 26.8. The van der Waals surface area contributed by atoms with Gasteiger partial charge in [0.15, 0.2) is 0 Å². The number of hydrogen-bond acceptors (Lipinski definition) is 5. The molecule has 2 atom stereocenters. The minimum atomic E-state index is -0.194. The van der Waals surface area contributed by atoms with Crippen molar-refractivity contribution in [2.24, 2.45) is 0 Å². The second-order valence-electron chi connectivity index (χ2n) is 7.49. The minimum absolute atomic E-state index is 0.146. The van der Waals surface area contributed by atoms with Crippen LogP contribution in [0.25, 0.3) is 0 Å². The molecule has 0 amide bonds. The monoisotopic (exact) mass is 358 g/mol. The van der Waals surface area contributed by atoms with Crippen LogP contribution >= 0.6 is 0 Å². The Bertz CT molecular complexity index is 772. The molecular weight excluding hydrogens is 335 g/mol. The summed E-state index contributed by atoms with van der Waals surface area (Å²) in [6.45, 7) is 4.74. The van der Waals surface area contributed by atoms with Gasteiger partial charge in [-0.3, -0.25) is 4.90 Å². The Balaban J connectivity index is 1.32. The number of benzene rings is 1. The van der Waals surface area contributed by atoms with E-state index in [2.05, 4.69) is 19.9 Å². The van der Waals surface area contributed by atoms with Crippen molar-refractivity contribution in [1.29, 1.82) is 0 Å². The van der Waals surface area contributed by atoms with Crippen LogP contribution in [0.4, 0.5) is 4.39 Å². The van der Waals surface area contributed by atoms with E-state index in [-0.39, 0.29) is 18.0 Å². The Morgan fingerprint density at radius 2 is 1.92 bits per heavy atom. The first-order valence-electron chi connectivity index (χ1n) is 9.38. The number of likely N-dealkylation sites (tertiary alicyclic amines) is 1. The molecule has 4 heterocycles. The van der Waals surface area contributed by atoms with Crippen molar-refractivity contribution in [3.05, 3.63) is 47.0 Å². The first-order chi connectivity index (χ1) is 12.8. The molecule has 6 nitrogen and oxygen atoms in total. The van der Waals surface area contributed by atoms with E-state index in [9.17, 15) is 4.39 Å². The molecule has 2 saturated heterocycles. The lowest BCUT2D eigenvalue weighted by molar-refractivity contribution is -0.00619. The molecule has 138 valence electrons. The number of rotatable bonds is 3. The number of fused-ring (bicyclic) bond motifs is 3. The lowest BCUT2D eigenvalue weighted by Gasteiger charge is -2.28. The summed E-state index contributed by atoms with van der Waals surface area (Å²) in [7, 11) is 0. The van der Waals surface area contributed by atoms with E-state index in [0.29, 0.717) is 12.5 Å². The highest BCUT2D eigenvalue weighted by atomic mass is 19.1. The maximum absolute atomic E-state index is 13.1. The molecule has 2 aromatic rings. The van der Waals surface area contributed by atoms with Crippen LogP contribution in [0.1, 0.15) is 41.8 Å². The van der Waals surface area contributed by atoms with Gasteiger partial charge in [0.05, 0.1) is 30.1 Å². The molecule has 3 aliphatic heterocycles. The number of hydrogen-bond donors (Lipinski definition) is 0. The third-order valence-electron chi connectivity index (χ3n) is 5.81. The predicted octanol–water partition coefficient (Wildman–Crippen LogP) is 2.27. The van der Waals surface area contributed by atoms with Crippen LogP contribution in [-0.2, 0) is 22.6 Å². The second-order valence-corrected chi connectivity index (χ2v) is 7.49. The second kappa shape index (κ2) is 6.72. The van der Waals surface area contributed by atoms with Crippen molar-refractivity contribution in [3.8, 4) is 0 Å². The van der Waals surface area contributed by atoms with E-state index in [4.69, 9.17) is 9.47 Å². The molecular formula is C19H23FN4O2. The molecule has 2 fully saturated rings. The molecule has 26 heavy (non-hydrogen) atoms. The molecule has 0 aliphatic carbocycles. The smallest absolute Gasteiger partial charge is 0.123 e. The predicted molar refractivity (Wildman–Crippen MR) is 92.1 cm³/mol. The van der Waals surface area contributed by atoms with Crippen molar-refractivity contribution in [1.82, 2.24) is 19.9 Å². The number of ether oxygens (including phenoxy) is 2. The van der Waals surface area contributed by atoms with E-state index < -0.39 is 0 Å². The lowest BCUT2D eigenvalue weighted by atomic mass is 9.94. The maximum atomic E-state index is 13.1. The Labute approximate surface area is 151 Å². The molecule has 0 saturated carbocycles. The minimum Gasteiger partial charge on any atom is -0.381 e. The summed E-state index contributed by atoms with van der Waals surface area (Å²) in [5, 5.41) is 9.02. The standard InChI is InChI=1S/C19H23FN4O2/c20-15-3-1-13(2-4-15)9-23-10-16-18(11-23)26-12-17-19(21-22-24(16)17)14-5-7-25-8-6-14/h1-4,14,16,18H,5-12H2/t16-,18-/m0/s1. The fourth-order valence-corrected chi connectivity index (χ4v) is 4.41. The molecule has 0 N–H and O–H groups in total. The zero-order chi connectivity index (χ0) is 17.5. The van der Waals surface area contributed by atoms with Crippen molar-refractivity contribution in [2.75, 3.05) is 26.3 Å². The van der Waals surface area contributed by atoms with Gasteiger partial charge < -0.3 is 9.47 Å². The third kappa shape index (κ3) is 2.94. The van der Waals surface area contributed by atoms with E-state index in [1.807, 2.05) is 12.1 Å². The van der Waals surface area contributed by atoms with Gasteiger partial charge in [0, 0.05) is 38.8 Å². The van der Waals surface area contributed by atoms with Gasteiger partial charge in [-0.1, -0.05) is 17.3 Å². The number of nitrogens with zero attached hydrogens (tertiary/aromatic N) is 4. The zero-order valence-electron chi connectivity index (χ0n) is 14.7. The van der Waals surface area contributed by atoms with Gasteiger partial charge >= 0.3 is 0 Å². The first kappa shape index (κ1) is 16.4. The van der Waals surface area contributed by atoms with E-state index >= 15 is 0 Å². The quantitative estimate of drug-likeness (QED) is 0.843. The first-order valence-corrected chi connectivity index (χ1v) is 9.38. The lowest BCUT2D eigenvalue weighted by Crippen LogP contribution is -2.33. The van der Waals surface area contributed by atoms with Crippen LogP contribution in [0.3, 0.4) is 0 Å². The molecule has 0 unspecified atom stereocenters. The van der Waals surface area contributed by atoms with Gasteiger partial charge in [0.1, 0.15) is 5.82 Å². The summed E-state index contributed by atoms with van der Waals surface area (Å²) in [6.07, 6.45) is 2.17. The molecule has 0 bridgehead atoms. The van der Waals surface area contributed by atoms with E-state index in [0.717, 1.165) is 62.6 Å². The average Bonchev–Trinajstić information content (AvgIpc) is 3.27. The van der Waals surface area contributed by atoms with Crippen molar-refractivity contribution in [2.45, 2.75) is 44.1 Å². The van der Waals surface area contributed by atoms with Crippen LogP contribution in [0.5, 0.6) is 0 Å². The maximum Gasteiger partial charge on any atom is 0.123 e. The van der Waals surface area contributed by atoms with Crippen LogP contribution < -0.4 is 0 Å². The fraction of sp³-hybridized carbons (Fsp3) is 0.579. The Hall–Kier alpha value is -1.83. The van der Waals surface area contributed by atoms with Crippen LogP contribution in [-0.4, -0.2) is 52.3 Å². The Kier molecular flexibility index (Phi) is 4.23. The number of halogens is 1. The van der Waals surface area contributed by atoms with Crippen molar-refractivity contribution in [3.63, 3.8) is 0 Å². The summed E-state index contributed by atoms with van der Waals surface area (Å²) in [5.74, 6) is 0.240. The Morgan fingerprint density at radius 3 is 2.73 bits per heavy atom. The van der Waals surface area contributed by atoms with Gasteiger partial charge in [-0.25, -0.2) is 9.07 Å². The van der Waals surface area contributed by atoms with Gasteiger partial charge in [-0.15, -0.1) is 5.10 Å². The SMILES string of the molecule is Fc1ccc(CN2C[C@@H]3OCc4c(C5CCOCC5)nnn4[C@H]3C2)cc1. The van der Waals surface area contributed by atoms with Gasteiger partial charge in [0.25, 0.3) is 0 Å². The summed E-state index contributed by atoms with van der Waals surface area (Å²) in [4.78, 5) is 2.35. The zero-order valence-corrected chi connectivity index (χ0v) is 14.7. The van der Waals surface area contributed by atoms with Crippen LogP contribution in [0.2, 0.25) is 0 Å². The highest BCUT2D eigenvalue weighted by Crippen LogP contribution is 2.36. The fourth-order valence-electron chi connectivity index (χ4n) is 4.41. The van der Waals surface area contributed by atoms with Crippen molar-refractivity contribution >= 4 is 0 Å². The highest BCUT2D eigenvalue weighted by Gasteiger charge is 2.41. The molecule has 0 spiro atoms. The molecule has 7 heteroatoms. The van der Waals surface area contributed by atoms with Gasteiger partial charge in [-0.05, 0) is 30.5 Å². The molecule has 1 aromatic heterocycles. The summed E-state index contributed by atoms with van der Waals surface area (Å²) in [6, 6.07) is 6.94. The average molecular weight is 358 g/mol. The third-order valence-corrected chi connectivity index (χ3v) is 5.81. The molecule has 3 aliphatic rings. The normalized spacial score (nSPS) is 26.7. The molecule has 0 radical (unpaired) electrons. The van der Waals surface area contributed by atoms with E-state index in [1.165, 1.54) is 12.1 Å².